The Hall–Kier alpha value is -2.90. The summed E-state index contributed by atoms with van der Waals surface area (Å²) in [6, 6.07) is 13.8. The number of hydrazine groups is 1. The van der Waals surface area contributed by atoms with Gasteiger partial charge in [-0.2, -0.15) is 0 Å². The average Bonchev–Trinajstić information content (AvgIpc) is 2.70. The lowest BCUT2D eigenvalue weighted by Gasteiger charge is -2.11. The highest BCUT2D eigenvalue weighted by atomic mass is 35.5. The topological polar surface area (TPSA) is 79.5 Å². The first kappa shape index (κ1) is 22.4. The highest BCUT2D eigenvalue weighted by Crippen LogP contribution is 2.16. The molecular weight excluding hydrogens is 410 g/mol. The monoisotopic (exact) mass is 431 g/mol. The number of halogens is 1. The van der Waals surface area contributed by atoms with Crippen LogP contribution < -0.4 is 20.9 Å². The van der Waals surface area contributed by atoms with Gasteiger partial charge in [-0.15, -0.1) is 0 Å². The molecule has 0 aliphatic carbocycles. The Bertz CT molecular complexity index is 898. The van der Waals surface area contributed by atoms with Gasteiger partial charge in [0.1, 0.15) is 5.75 Å². The third kappa shape index (κ3) is 7.93. The van der Waals surface area contributed by atoms with E-state index in [1.807, 2.05) is 6.07 Å². The van der Waals surface area contributed by atoms with Crippen molar-refractivity contribution in [3.05, 3.63) is 70.8 Å². The van der Waals surface area contributed by atoms with Gasteiger partial charge < -0.3 is 4.74 Å². The maximum absolute atomic E-state index is 12.1. The van der Waals surface area contributed by atoms with Crippen molar-refractivity contribution < 1.29 is 14.3 Å². The molecule has 2 aromatic rings. The highest BCUT2D eigenvalue weighted by Gasteiger charge is 2.07. The normalized spacial score (nSPS) is 10.6. The van der Waals surface area contributed by atoms with Crippen LogP contribution >= 0.6 is 23.8 Å². The van der Waals surface area contributed by atoms with Gasteiger partial charge in [0.05, 0.1) is 6.61 Å². The lowest BCUT2D eigenvalue weighted by molar-refractivity contribution is -0.115. The number of nitrogens with one attached hydrogen (secondary N) is 3. The summed E-state index contributed by atoms with van der Waals surface area (Å²) in [6.07, 6.45) is 2.87. The molecular formula is C21H22ClN3O3S. The summed E-state index contributed by atoms with van der Waals surface area (Å²) in [5.74, 6) is 0.251. The van der Waals surface area contributed by atoms with Crippen molar-refractivity contribution in [3.63, 3.8) is 0 Å². The number of thiocarbonyl (C=S) groups is 1. The third-order valence-electron chi connectivity index (χ3n) is 3.55. The van der Waals surface area contributed by atoms with Crippen LogP contribution in [0.15, 0.2) is 54.6 Å². The maximum Gasteiger partial charge on any atom is 0.269 e. The molecule has 152 valence electrons. The number of hydrogen-bond donors (Lipinski definition) is 3. The Morgan fingerprint density at radius 1 is 1.10 bits per heavy atom. The Balaban J connectivity index is 1.78. The summed E-state index contributed by atoms with van der Waals surface area (Å²) in [4.78, 5) is 24.0. The highest BCUT2D eigenvalue weighted by molar-refractivity contribution is 7.80. The molecule has 0 atom stereocenters. The number of hydrogen-bond acceptors (Lipinski definition) is 4. The van der Waals surface area contributed by atoms with Crippen LogP contribution in [0.1, 0.15) is 29.8 Å². The van der Waals surface area contributed by atoms with Gasteiger partial charge in [0.2, 0.25) is 5.91 Å². The molecule has 0 saturated carbocycles. The number of amides is 2. The molecule has 3 N–H and O–H groups in total. The predicted octanol–water partition coefficient (Wildman–Crippen LogP) is 3.72. The molecule has 29 heavy (non-hydrogen) atoms. The van der Waals surface area contributed by atoms with E-state index in [0.29, 0.717) is 34.4 Å². The molecule has 0 bridgehead atoms. The Morgan fingerprint density at radius 3 is 2.45 bits per heavy atom. The number of rotatable bonds is 6. The van der Waals surface area contributed by atoms with Gasteiger partial charge in [0, 0.05) is 16.7 Å². The molecule has 2 aromatic carbocycles. The van der Waals surface area contributed by atoms with E-state index in [-0.39, 0.29) is 5.11 Å². The zero-order valence-corrected chi connectivity index (χ0v) is 17.6. The van der Waals surface area contributed by atoms with Crippen molar-refractivity contribution >= 4 is 46.8 Å². The van der Waals surface area contributed by atoms with Crippen LogP contribution in [-0.2, 0) is 4.79 Å². The summed E-state index contributed by atoms with van der Waals surface area (Å²) < 4.78 is 5.58. The van der Waals surface area contributed by atoms with Crippen molar-refractivity contribution in [2.45, 2.75) is 13.8 Å². The van der Waals surface area contributed by atoms with E-state index >= 15 is 0 Å². The number of benzene rings is 2. The van der Waals surface area contributed by atoms with E-state index in [4.69, 9.17) is 28.6 Å². The SMILES string of the molecule is CC(C)COc1ccc(C(=O)NNC(=S)NC(=O)/C=C/c2ccccc2Cl)cc1. The van der Waals surface area contributed by atoms with Crippen LogP contribution in [0.2, 0.25) is 5.02 Å². The van der Waals surface area contributed by atoms with Crippen LogP contribution in [0.5, 0.6) is 5.75 Å². The summed E-state index contributed by atoms with van der Waals surface area (Å²) in [7, 11) is 0. The largest absolute Gasteiger partial charge is 0.493 e. The average molecular weight is 432 g/mol. The van der Waals surface area contributed by atoms with Crippen LogP contribution in [0, 0.1) is 5.92 Å². The molecule has 0 radical (unpaired) electrons. The first-order valence-electron chi connectivity index (χ1n) is 8.92. The van der Waals surface area contributed by atoms with Crippen LogP contribution in [-0.4, -0.2) is 23.5 Å². The Labute approximate surface area is 180 Å². The molecule has 0 heterocycles. The molecule has 2 amide bonds. The van der Waals surface area contributed by atoms with Crippen LogP contribution in [0.25, 0.3) is 6.08 Å². The molecule has 0 unspecified atom stereocenters. The molecule has 0 saturated heterocycles. The molecule has 0 aliphatic heterocycles. The first-order valence-corrected chi connectivity index (χ1v) is 9.70. The minimum Gasteiger partial charge on any atom is -0.493 e. The minimum absolute atomic E-state index is 0.0379. The second-order valence-corrected chi connectivity index (χ2v) is 7.30. The summed E-state index contributed by atoms with van der Waals surface area (Å²) in [6.45, 7) is 4.72. The molecule has 0 spiro atoms. The van der Waals surface area contributed by atoms with Gasteiger partial charge in [-0.3, -0.25) is 25.8 Å². The molecule has 0 fully saturated rings. The third-order valence-corrected chi connectivity index (χ3v) is 4.09. The van der Waals surface area contributed by atoms with Crippen molar-refractivity contribution in [2.24, 2.45) is 5.92 Å². The lowest BCUT2D eigenvalue weighted by Crippen LogP contribution is -2.48. The summed E-state index contributed by atoms with van der Waals surface area (Å²) in [5, 5.41) is 2.92. The van der Waals surface area contributed by atoms with Crippen LogP contribution in [0.4, 0.5) is 0 Å². The first-order chi connectivity index (χ1) is 13.8. The number of ether oxygens (including phenoxy) is 1. The van der Waals surface area contributed by atoms with E-state index in [2.05, 4.69) is 30.0 Å². The fourth-order valence-corrected chi connectivity index (χ4v) is 2.46. The van der Waals surface area contributed by atoms with Gasteiger partial charge in [-0.05, 0) is 60.1 Å². The fourth-order valence-electron chi connectivity index (χ4n) is 2.11. The van der Waals surface area contributed by atoms with E-state index in [1.54, 1.807) is 48.5 Å². The Morgan fingerprint density at radius 2 is 1.79 bits per heavy atom. The van der Waals surface area contributed by atoms with Gasteiger partial charge in [-0.1, -0.05) is 43.6 Å². The van der Waals surface area contributed by atoms with E-state index in [9.17, 15) is 9.59 Å². The number of carbonyl (C=O) groups excluding carboxylic acids is 2. The zero-order chi connectivity index (χ0) is 21.2. The minimum atomic E-state index is -0.455. The molecule has 2 rings (SSSR count). The standard InChI is InChI=1S/C21H22ClN3O3S/c1-14(2)13-28-17-10-7-16(8-11-17)20(27)24-25-21(29)23-19(26)12-9-15-5-3-4-6-18(15)22/h3-12,14H,13H2,1-2H3,(H,24,27)(H2,23,25,26,29)/b12-9+. The predicted molar refractivity (Wildman–Crippen MR) is 119 cm³/mol. The fraction of sp³-hybridized carbons (Fsp3) is 0.190. The number of carbonyl (C=O) groups is 2. The smallest absolute Gasteiger partial charge is 0.269 e. The van der Waals surface area contributed by atoms with Gasteiger partial charge in [-0.25, -0.2) is 0 Å². The quantitative estimate of drug-likeness (QED) is 0.369. The maximum atomic E-state index is 12.1. The van der Waals surface area contributed by atoms with Gasteiger partial charge >= 0.3 is 0 Å². The van der Waals surface area contributed by atoms with Gasteiger partial charge in [0.25, 0.3) is 5.91 Å². The molecule has 6 nitrogen and oxygen atoms in total. The molecule has 0 aromatic heterocycles. The van der Waals surface area contributed by atoms with Crippen LogP contribution in [0.3, 0.4) is 0 Å². The molecule has 0 aliphatic rings. The van der Waals surface area contributed by atoms with E-state index in [1.165, 1.54) is 6.08 Å². The van der Waals surface area contributed by atoms with Gasteiger partial charge in [0.15, 0.2) is 5.11 Å². The van der Waals surface area contributed by atoms with Crippen molar-refractivity contribution in [3.8, 4) is 5.75 Å². The second-order valence-electron chi connectivity index (χ2n) is 6.48. The van der Waals surface area contributed by atoms with Crippen molar-refractivity contribution in [1.82, 2.24) is 16.2 Å². The summed E-state index contributed by atoms with van der Waals surface area (Å²) >= 11 is 11.0. The van der Waals surface area contributed by atoms with Crippen molar-refractivity contribution in [1.29, 1.82) is 0 Å². The Kier molecular flexibility index (Phi) is 8.64. The molecule has 8 heteroatoms. The lowest BCUT2D eigenvalue weighted by atomic mass is 10.2. The van der Waals surface area contributed by atoms with E-state index < -0.39 is 11.8 Å². The summed E-state index contributed by atoms with van der Waals surface area (Å²) in [5.41, 5.74) is 6.04. The van der Waals surface area contributed by atoms with E-state index in [0.717, 1.165) is 0 Å². The van der Waals surface area contributed by atoms with Crippen molar-refractivity contribution in [2.75, 3.05) is 6.61 Å². The zero-order valence-electron chi connectivity index (χ0n) is 16.1. The second kappa shape index (κ2) is 11.2.